The topological polar surface area (TPSA) is 99.2 Å². The largest absolute Gasteiger partial charge is 0.377 e. The van der Waals surface area contributed by atoms with Crippen molar-refractivity contribution < 1.29 is 13.2 Å². The van der Waals surface area contributed by atoms with Gasteiger partial charge in [0.25, 0.3) is 10.0 Å². The van der Waals surface area contributed by atoms with E-state index in [0.29, 0.717) is 18.9 Å². The molecule has 21 heavy (non-hydrogen) atoms. The molecule has 0 aliphatic heterocycles. The smallest absolute Gasteiger partial charge is 0.259 e. The number of nitrogens with one attached hydrogen (secondary N) is 1. The van der Waals surface area contributed by atoms with E-state index in [9.17, 15) is 8.42 Å². The van der Waals surface area contributed by atoms with Crippen LogP contribution in [0.15, 0.2) is 11.2 Å². The maximum Gasteiger partial charge on any atom is 0.259 e. The minimum atomic E-state index is -3.67. The Morgan fingerprint density at radius 2 is 2.24 bits per heavy atom. The lowest BCUT2D eigenvalue weighted by Gasteiger charge is -2.41. The molecule has 1 aromatic rings. The molecule has 3 atom stereocenters. The van der Waals surface area contributed by atoms with Gasteiger partial charge >= 0.3 is 0 Å². The van der Waals surface area contributed by atoms with Crippen LogP contribution in [0.1, 0.15) is 32.5 Å². The Hall–Kier alpha value is -0.960. The second-order valence-corrected chi connectivity index (χ2v) is 7.02. The maximum atomic E-state index is 12.4. The summed E-state index contributed by atoms with van der Waals surface area (Å²) in [4.78, 5) is 4.14. The molecule has 0 aromatic carbocycles. The van der Waals surface area contributed by atoms with Crippen LogP contribution in [0.4, 0.5) is 0 Å². The third kappa shape index (κ3) is 3.45. The van der Waals surface area contributed by atoms with Crippen LogP contribution in [0.25, 0.3) is 0 Å². The minimum absolute atomic E-state index is 0.0443. The van der Waals surface area contributed by atoms with E-state index in [-0.39, 0.29) is 23.2 Å². The van der Waals surface area contributed by atoms with Crippen molar-refractivity contribution in [2.75, 3.05) is 6.61 Å². The van der Waals surface area contributed by atoms with E-state index in [2.05, 4.69) is 9.71 Å². The summed E-state index contributed by atoms with van der Waals surface area (Å²) in [7, 11) is -3.67. The lowest BCUT2D eigenvalue weighted by molar-refractivity contribution is -0.0248. The highest BCUT2D eigenvalue weighted by molar-refractivity contribution is 7.89. The van der Waals surface area contributed by atoms with Crippen molar-refractivity contribution in [2.45, 2.75) is 63.4 Å². The fourth-order valence-corrected chi connectivity index (χ4v) is 3.83. The molecule has 2 rings (SSSR count). The van der Waals surface area contributed by atoms with Gasteiger partial charge in [-0.2, -0.15) is 0 Å². The van der Waals surface area contributed by atoms with E-state index in [0.717, 1.165) is 13.0 Å². The minimum Gasteiger partial charge on any atom is -0.377 e. The first-order valence-corrected chi connectivity index (χ1v) is 8.80. The fourth-order valence-electron chi connectivity index (χ4n) is 2.51. The van der Waals surface area contributed by atoms with Crippen molar-refractivity contribution in [3.63, 3.8) is 0 Å². The summed E-state index contributed by atoms with van der Waals surface area (Å²) in [5, 5.41) is 0.0443. The number of ether oxygens (including phenoxy) is 1. The first-order chi connectivity index (χ1) is 9.89. The third-order valence-electron chi connectivity index (χ3n) is 3.73. The molecular weight excluding hydrogens is 292 g/mol. The molecule has 0 saturated heterocycles. The summed E-state index contributed by atoms with van der Waals surface area (Å²) in [6.07, 6.45) is 3.01. The number of nitrogens with two attached hydrogens (primary N) is 1. The fraction of sp³-hybridized carbons (Fsp3) is 0.769. The van der Waals surface area contributed by atoms with Gasteiger partial charge in [0.15, 0.2) is 5.03 Å². The van der Waals surface area contributed by atoms with Crippen LogP contribution < -0.4 is 10.5 Å². The molecule has 7 nitrogen and oxygen atoms in total. The average molecular weight is 316 g/mol. The van der Waals surface area contributed by atoms with Crippen LogP contribution in [-0.2, 0) is 21.3 Å². The van der Waals surface area contributed by atoms with Crippen LogP contribution in [0, 0.1) is 6.92 Å². The quantitative estimate of drug-likeness (QED) is 0.758. The first-order valence-electron chi connectivity index (χ1n) is 7.32. The molecule has 1 aliphatic carbocycles. The molecule has 1 aliphatic rings. The molecule has 1 aromatic heterocycles. The molecule has 0 spiro atoms. The summed E-state index contributed by atoms with van der Waals surface area (Å²) < 4.78 is 34.7. The SMILES string of the molecule is CCCn1cc(S(=O)(=O)NC2C(N)CC2OCC)nc1C. The Balaban J connectivity index is 2.13. The number of nitrogens with zero attached hydrogens (tertiary/aromatic N) is 2. The summed E-state index contributed by atoms with van der Waals surface area (Å²) >= 11 is 0. The molecular formula is C13H24N4O3S. The highest BCUT2D eigenvalue weighted by Gasteiger charge is 2.42. The van der Waals surface area contributed by atoms with Crippen LogP contribution in [-0.4, -0.2) is 42.8 Å². The van der Waals surface area contributed by atoms with E-state index in [4.69, 9.17) is 10.5 Å². The van der Waals surface area contributed by atoms with Gasteiger partial charge in [-0.3, -0.25) is 0 Å². The molecule has 1 heterocycles. The normalized spacial score (nSPS) is 25.8. The first kappa shape index (κ1) is 16.4. The zero-order valence-corrected chi connectivity index (χ0v) is 13.6. The third-order valence-corrected chi connectivity index (χ3v) is 5.06. The van der Waals surface area contributed by atoms with Gasteiger partial charge in [0.2, 0.25) is 0 Å². The number of sulfonamides is 1. The lowest BCUT2D eigenvalue weighted by atomic mass is 9.84. The second kappa shape index (κ2) is 6.43. The monoisotopic (exact) mass is 316 g/mol. The number of aryl methyl sites for hydroxylation is 2. The molecule has 120 valence electrons. The standard InChI is InChI=1S/C13H24N4O3S/c1-4-6-17-8-12(15-9(17)3)21(18,19)16-13-10(14)7-11(13)20-5-2/h8,10-11,13,16H,4-7,14H2,1-3H3. The maximum absolute atomic E-state index is 12.4. The Kier molecular flexibility index (Phi) is 5.03. The molecule has 0 amide bonds. The zero-order chi connectivity index (χ0) is 15.6. The number of imidazole rings is 1. The van der Waals surface area contributed by atoms with Gasteiger partial charge in [-0.1, -0.05) is 6.92 Å². The van der Waals surface area contributed by atoms with Gasteiger partial charge in [-0.05, 0) is 26.7 Å². The van der Waals surface area contributed by atoms with Gasteiger partial charge < -0.3 is 15.0 Å². The molecule has 8 heteroatoms. The Morgan fingerprint density at radius 3 is 2.81 bits per heavy atom. The van der Waals surface area contributed by atoms with E-state index in [1.807, 2.05) is 18.4 Å². The summed E-state index contributed by atoms with van der Waals surface area (Å²) in [5.41, 5.74) is 5.88. The number of rotatable bonds is 7. The Bertz CT molecular complexity index is 582. The number of hydrogen-bond acceptors (Lipinski definition) is 5. The lowest BCUT2D eigenvalue weighted by Crippen LogP contribution is -2.64. The van der Waals surface area contributed by atoms with Crippen LogP contribution in [0.5, 0.6) is 0 Å². The molecule has 3 N–H and O–H groups in total. The van der Waals surface area contributed by atoms with Crippen molar-refractivity contribution in [1.82, 2.24) is 14.3 Å². The van der Waals surface area contributed by atoms with Gasteiger partial charge in [0.1, 0.15) is 5.82 Å². The van der Waals surface area contributed by atoms with Gasteiger partial charge in [0.05, 0.1) is 12.1 Å². The molecule has 0 radical (unpaired) electrons. The predicted octanol–water partition coefficient (Wildman–Crippen LogP) is 0.385. The van der Waals surface area contributed by atoms with Crippen molar-refractivity contribution in [3.05, 3.63) is 12.0 Å². The van der Waals surface area contributed by atoms with Crippen molar-refractivity contribution in [2.24, 2.45) is 5.73 Å². The van der Waals surface area contributed by atoms with E-state index >= 15 is 0 Å². The van der Waals surface area contributed by atoms with Gasteiger partial charge in [0, 0.05) is 25.4 Å². The Morgan fingerprint density at radius 1 is 1.52 bits per heavy atom. The van der Waals surface area contributed by atoms with Crippen LogP contribution >= 0.6 is 0 Å². The summed E-state index contributed by atoms with van der Waals surface area (Å²) in [6.45, 7) is 7.00. The van der Waals surface area contributed by atoms with Crippen molar-refractivity contribution >= 4 is 10.0 Å². The second-order valence-electron chi connectivity index (χ2n) is 5.36. The van der Waals surface area contributed by atoms with Crippen LogP contribution in [0.2, 0.25) is 0 Å². The van der Waals surface area contributed by atoms with E-state index in [1.54, 1.807) is 13.1 Å². The van der Waals surface area contributed by atoms with Gasteiger partial charge in [-0.25, -0.2) is 18.1 Å². The number of hydrogen-bond donors (Lipinski definition) is 2. The van der Waals surface area contributed by atoms with Gasteiger partial charge in [-0.15, -0.1) is 0 Å². The summed E-state index contributed by atoms with van der Waals surface area (Å²) in [6, 6.07) is -0.596. The highest BCUT2D eigenvalue weighted by Crippen LogP contribution is 2.24. The number of aromatic nitrogens is 2. The Labute approximate surface area is 125 Å². The van der Waals surface area contributed by atoms with E-state index < -0.39 is 10.0 Å². The van der Waals surface area contributed by atoms with Crippen molar-refractivity contribution in [3.8, 4) is 0 Å². The summed E-state index contributed by atoms with van der Waals surface area (Å²) in [5.74, 6) is 0.691. The molecule has 0 bridgehead atoms. The average Bonchev–Trinajstić information content (AvgIpc) is 2.79. The predicted molar refractivity (Wildman–Crippen MR) is 79.4 cm³/mol. The van der Waals surface area contributed by atoms with Crippen LogP contribution in [0.3, 0.4) is 0 Å². The molecule has 1 saturated carbocycles. The zero-order valence-electron chi connectivity index (χ0n) is 12.7. The molecule has 3 unspecified atom stereocenters. The molecule has 1 fully saturated rings. The highest BCUT2D eigenvalue weighted by atomic mass is 32.2. The van der Waals surface area contributed by atoms with E-state index in [1.165, 1.54) is 0 Å². The van der Waals surface area contributed by atoms with Crippen molar-refractivity contribution in [1.29, 1.82) is 0 Å².